The van der Waals surface area contributed by atoms with Crippen LogP contribution in [0.4, 0.5) is 0 Å². The minimum Gasteiger partial charge on any atom is -0.468 e. The van der Waals surface area contributed by atoms with Gasteiger partial charge in [0.25, 0.3) is 5.91 Å². The van der Waals surface area contributed by atoms with Crippen molar-refractivity contribution in [3.63, 3.8) is 0 Å². The summed E-state index contributed by atoms with van der Waals surface area (Å²) in [6, 6.07) is 1.69. The number of carbonyl (C=O) groups excluding carboxylic acids is 1. The maximum Gasteiger partial charge on any atom is 0.257 e. The van der Waals surface area contributed by atoms with Crippen LogP contribution in [0.2, 0.25) is 0 Å². The molecular weight excluding hydrogens is 272 g/mol. The monoisotopic (exact) mass is 290 g/mol. The Bertz CT molecular complexity index is 634. The highest BCUT2D eigenvalue weighted by Crippen LogP contribution is 2.32. The minimum atomic E-state index is -1.13. The summed E-state index contributed by atoms with van der Waals surface area (Å²) in [7, 11) is 0. The van der Waals surface area contributed by atoms with Crippen molar-refractivity contribution < 1.29 is 14.3 Å². The molecular formula is C14H18N4O3. The molecule has 0 radical (unpaired) electrons. The summed E-state index contributed by atoms with van der Waals surface area (Å²) in [6.45, 7) is 4.64. The molecule has 1 atom stereocenters. The van der Waals surface area contributed by atoms with Gasteiger partial charge in [-0.05, 0) is 6.07 Å². The van der Waals surface area contributed by atoms with Crippen LogP contribution >= 0.6 is 0 Å². The van der Waals surface area contributed by atoms with Crippen LogP contribution in [0, 0.1) is 0 Å². The summed E-state index contributed by atoms with van der Waals surface area (Å²) in [5, 5.41) is 20.7. The van der Waals surface area contributed by atoms with E-state index in [1.807, 2.05) is 13.8 Å². The lowest BCUT2D eigenvalue weighted by atomic mass is 10.00. The molecule has 1 saturated heterocycles. The molecule has 0 aliphatic carbocycles. The minimum absolute atomic E-state index is 0.119. The zero-order chi connectivity index (χ0) is 15.0. The molecule has 2 aromatic heterocycles. The zero-order valence-electron chi connectivity index (χ0n) is 12.0. The molecule has 0 unspecified atom stereocenters. The van der Waals surface area contributed by atoms with Gasteiger partial charge in [-0.2, -0.15) is 15.4 Å². The van der Waals surface area contributed by atoms with E-state index in [0.717, 1.165) is 0 Å². The Hall–Kier alpha value is -2.15. The van der Waals surface area contributed by atoms with Crippen LogP contribution < -0.4 is 0 Å². The lowest BCUT2D eigenvalue weighted by Gasteiger charge is -2.21. The predicted octanol–water partition coefficient (Wildman–Crippen LogP) is 1.25. The Morgan fingerprint density at radius 3 is 3.05 bits per heavy atom. The number of H-pyrrole nitrogens is 1. The molecule has 0 saturated carbocycles. The molecule has 0 bridgehead atoms. The number of likely N-dealkylation sites (tertiary alicyclic amines) is 1. The van der Waals surface area contributed by atoms with Gasteiger partial charge in [-0.3, -0.25) is 4.79 Å². The largest absolute Gasteiger partial charge is 0.468 e. The number of hydrogen-bond donors (Lipinski definition) is 2. The van der Waals surface area contributed by atoms with Gasteiger partial charge in [0.15, 0.2) is 0 Å². The van der Waals surface area contributed by atoms with Crippen molar-refractivity contribution >= 4 is 5.91 Å². The van der Waals surface area contributed by atoms with Crippen LogP contribution in [-0.4, -0.2) is 44.4 Å². The summed E-state index contributed by atoms with van der Waals surface area (Å²) in [5.74, 6) is 0.694. The molecule has 2 aromatic rings. The number of aromatic nitrogens is 3. The standard InChI is InChI=1S/C14H18N4O3/c1-9(2)12-10(3-6-21-12)13(19)18-5-4-14(20,8-18)11-7-15-17-16-11/h3,6-7,9,20H,4-5,8H2,1-2H3,(H,15,16,17)/t14-/m0/s1. The Balaban J connectivity index is 1.80. The topological polar surface area (TPSA) is 95.3 Å². The Labute approximate surface area is 121 Å². The van der Waals surface area contributed by atoms with Crippen LogP contribution in [0.3, 0.4) is 0 Å². The molecule has 7 nitrogen and oxygen atoms in total. The first-order valence-electron chi connectivity index (χ1n) is 6.96. The fourth-order valence-electron chi connectivity index (χ4n) is 2.72. The van der Waals surface area contributed by atoms with E-state index in [0.29, 0.717) is 30.0 Å². The number of hydrogen-bond acceptors (Lipinski definition) is 5. The predicted molar refractivity (Wildman–Crippen MR) is 73.6 cm³/mol. The van der Waals surface area contributed by atoms with Gasteiger partial charge in [-0.1, -0.05) is 13.8 Å². The fourth-order valence-corrected chi connectivity index (χ4v) is 2.72. The zero-order valence-corrected chi connectivity index (χ0v) is 12.0. The maximum absolute atomic E-state index is 12.6. The third-order valence-electron chi connectivity index (χ3n) is 3.88. The molecule has 0 aromatic carbocycles. The average molecular weight is 290 g/mol. The smallest absolute Gasteiger partial charge is 0.257 e. The SMILES string of the molecule is CC(C)c1occc1C(=O)N1CC[C@@](O)(c2cn[nH]n2)C1. The highest BCUT2D eigenvalue weighted by Gasteiger charge is 2.42. The number of aromatic amines is 1. The van der Waals surface area contributed by atoms with Crippen LogP contribution in [0.1, 0.15) is 48.0 Å². The van der Waals surface area contributed by atoms with E-state index in [2.05, 4.69) is 15.4 Å². The summed E-state index contributed by atoms with van der Waals surface area (Å²) >= 11 is 0. The lowest BCUT2D eigenvalue weighted by Crippen LogP contribution is -2.35. The van der Waals surface area contributed by atoms with Gasteiger partial charge in [0, 0.05) is 18.9 Å². The van der Waals surface area contributed by atoms with Gasteiger partial charge in [-0.15, -0.1) is 0 Å². The number of furan rings is 1. The molecule has 1 amide bonds. The van der Waals surface area contributed by atoms with Gasteiger partial charge < -0.3 is 14.4 Å². The quantitative estimate of drug-likeness (QED) is 0.887. The van der Waals surface area contributed by atoms with E-state index < -0.39 is 5.60 Å². The van der Waals surface area contributed by atoms with Crippen molar-refractivity contribution in [2.75, 3.05) is 13.1 Å². The van der Waals surface area contributed by atoms with Gasteiger partial charge in [-0.25, -0.2) is 0 Å². The van der Waals surface area contributed by atoms with Crippen LogP contribution in [0.5, 0.6) is 0 Å². The van der Waals surface area contributed by atoms with Gasteiger partial charge in [0.1, 0.15) is 17.1 Å². The first-order valence-corrected chi connectivity index (χ1v) is 6.96. The molecule has 0 spiro atoms. The first-order chi connectivity index (χ1) is 10.0. The number of nitrogens with one attached hydrogen (secondary N) is 1. The average Bonchev–Trinajstić information content (AvgIpc) is 3.18. The molecule has 1 aliphatic heterocycles. The molecule has 2 N–H and O–H groups in total. The molecule has 3 rings (SSSR count). The Morgan fingerprint density at radius 2 is 2.38 bits per heavy atom. The van der Waals surface area contributed by atoms with Crippen LogP contribution in [0.25, 0.3) is 0 Å². The third kappa shape index (κ3) is 2.33. The summed E-state index contributed by atoms with van der Waals surface area (Å²) in [6.07, 6.45) is 3.47. The van der Waals surface area contributed by atoms with E-state index in [1.165, 1.54) is 12.5 Å². The number of rotatable bonds is 3. The number of carbonyl (C=O) groups is 1. The molecule has 3 heterocycles. The fraction of sp³-hybridized carbons (Fsp3) is 0.500. The molecule has 1 fully saturated rings. The summed E-state index contributed by atoms with van der Waals surface area (Å²) < 4.78 is 5.39. The van der Waals surface area contributed by atoms with Gasteiger partial charge in [0.05, 0.1) is 24.6 Å². The van der Waals surface area contributed by atoms with Crippen molar-refractivity contribution in [2.45, 2.75) is 31.8 Å². The van der Waals surface area contributed by atoms with E-state index in [-0.39, 0.29) is 18.4 Å². The van der Waals surface area contributed by atoms with Crippen molar-refractivity contribution in [3.8, 4) is 0 Å². The molecule has 112 valence electrons. The van der Waals surface area contributed by atoms with Gasteiger partial charge in [0.2, 0.25) is 0 Å². The summed E-state index contributed by atoms with van der Waals surface area (Å²) in [4.78, 5) is 14.2. The second kappa shape index (κ2) is 5.00. The van der Waals surface area contributed by atoms with Crippen molar-refractivity contribution in [1.29, 1.82) is 0 Å². The van der Waals surface area contributed by atoms with E-state index in [9.17, 15) is 9.90 Å². The Kier molecular flexibility index (Phi) is 3.29. The van der Waals surface area contributed by atoms with Crippen molar-refractivity contribution in [1.82, 2.24) is 20.3 Å². The lowest BCUT2D eigenvalue weighted by molar-refractivity contribution is 0.0381. The molecule has 21 heavy (non-hydrogen) atoms. The maximum atomic E-state index is 12.6. The van der Waals surface area contributed by atoms with Gasteiger partial charge >= 0.3 is 0 Å². The van der Waals surface area contributed by atoms with Crippen molar-refractivity contribution in [2.24, 2.45) is 0 Å². The highest BCUT2D eigenvalue weighted by molar-refractivity contribution is 5.95. The molecule has 7 heteroatoms. The second-order valence-corrected chi connectivity index (χ2v) is 5.72. The number of aliphatic hydroxyl groups is 1. The normalized spacial score (nSPS) is 22.2. The van der Waals surface area contributed by atoms with Crippen molar-refractivity contribution in [3.05, 3.63) is 35.5 Å². The second-order valence-electron chi connectivity index (χ2n) is 5.72. The van der Waals surface area contributed by atoms with Crippen LogP contribution in [-0.2, 0) is 5.60 Å². The Morgan fingerprint density at radius 1 is 1.57 bits per heavy atom. The van der Waals surface area contributed by atoms with E-state index >= 15 is 0 Å². The van der Waals surface area contributed by atoms with E-state index in [4.69, 9.17) is 4.42 Å². The summed E-state index contributed by atoms with van der Waals surface area (Å²) in [5.41, 5.74) is -0.104. The number of nitrogens with zero attached hydrogens (tertiary/aromatic N) is 3. The number of β-amino-alcohol motifs (C(OH)–C–C–N with tert-alkyl or cyclic N) is 1. The highest BCUT2D eigenvalue weighted by atomic mass is 16.3. The molecule has 1 aliphatic rings. The first kappa shape index (κ1) is 13.8. The third-order valence-corrected chi connectivity index (χ3v) is 3.88. The number of amides is 1. The van der Waals surface area contributed by atoms with E-state index in [1.54, 1.807) is 11.0 Å². The van der Waals surface area contributed by atoms with Crippen LogP contribution in [0.15, 0.2) is 22.9 Å².